The molecular formula is C11H19N3O2S2. The number of aromatic nitrogens is 2. The van der Waals surface area contributed by atoms with Crippen molar-refractivity contribution >= 4 is 21.8 Å². The molecule has 0 amide bonds. The Kier molecular flexibility index (Phi) is 4.03. The second-order valence-corrected chi connectivity index (χ2v) is 7.62. The molecule has 0 bridgehead atoms. The second kappa shape index (κ2) is 5.22. The summed E-state index contributed by atoms with van der Waals surface area (Å²) in [5.41, 5.74) is 0. The molecule has 5 nitrogen and oxygen atoms in total. The van der Waals surface area contributed by atoms with Gasteiger partial charge in [0.2, 0.25) is 0 Å². The van der Waals surface area contributed by atoms with Crippen molar-refractivity contribution in [2.75, 3.05) is 12.8 Å². The molecule has 1 saturated carbocycles. The number of nitrogens with one attached hydrogen (secondary N) is 2. The maximum absolute atomic E-state index is 12.1. The summed E-state index contributed by atoms with van der Waals surface area (Å²) in [5, 5.41) is 0.162. The van der Waals surface area contributed by atoms with Crippen molar-refractivity contribution in [2.45, 2.75) is 42.4 Å². The first-order valence-corrected chi connectivity index (χ1v) is 8.81. The van der Waals surface area contributed by atoms with E-state index in [0.29, 0.717) is 18.8 Å². The zero-order chi connectivity index (χ0) is 13.2. The van der Waals surface area contributed by atoms with E-state index in [1.54, 1.807) is 11.8 Å². The first kappa shape index (κ1) is 13.9. The Bertz CT molecular complexity index is 501. The maximum atomic E-state index is 12.1. The lowest BCUT2D eigenvalue weighted by Crippen LogP contribution is -2.45. The first-order chi connectivity index (χ1) is 8.51. The number of hydrogen-bond donors (Lipinski definition) is 2. The van der Waals surface area contributed by atoms with E-state index in [2.05, 4.69) is 14.7 Å². The standard InChI is InChI=1S/C11H19N3O2S2/c1-3-9-12-7-10(14-9)18(15,16)13-8-11(17-2)5-4-6-11/h7,13H,3-6,8H2,1-2H3,(H,12,14). The molecule has 2 rings (SSSR count). The van der Waals surface area contributed by atoms with Crippen LogP contribution < -0.4 is 4.72 Å². The second-order valence-electron chi connectivity index (χ2n) is 4.61. The third-order valence-corrected chi connectivity index (χ3v) is 6.24. The van der Waals surface area contributed by atoms with E-state index in [9.17, 15) is 8.42 Å². The molecule has 1 heterocycles. The Balaban J connectivity index is 2.03. The molecular weight excluding hydrogens is 270 g/mol. The first-order valence-electron chi connectivity index (χ1n) is 6.10. The normalized spacial score (nSPS) is 18.6. The van der Waals surface area contributed by atoms with E-state index in [-0.39, 0.29) is 9.77 Å². The number of aromatic amines is 1. The van der Waals surface area contributed by atoms with Gasteiger partial charge in [-0.25, -0.2) is 18.1 Å². The van der Waals surface area contributed by atoms with E-state index < -0.39 is 10.0 Å². The molecule has 1 aliphatic rings. The highest BCUT2D eigenvalue weighted by atomic mass is 32.2. The van der Waals surface area contributed by atoms with Crippen LogP contribution in [0, 0.1) is 0 Å². The van der Waals surface area contributed by atoms with Crippen LogP contribution in [-0.2, 0) is 16.4 Å². The molecule has 0 aliphatic heterocycles. The molecule has 0 aromatic carbocycles. The SMILES string of the molecule is CCc1ncc(S(=O)(=O)NCC2(SC)CCC2)[nH]1. The van der Waals surface area contributed by atoms with Gasteiger partial charge < -0.3 is 4.98 Å². The highest BCUT2D eigenvalue weighted by Gasteiger charge is 2.37. The fraction of sp³-hybridized carbons (Fsp3) is 0.727. The van der Waals surface area contributed by atoms with Crippen LogP contribution in [0.15, 0.2) is 11.2 Å². The molecule has 0 radical (unpaired) electrons. The fourth-order valence-corrected chi connectivity index (χ4v) is 4.06. The van der Waals surface area contributed by atoms with E-state index in [0.717, 1.165) is 12.8 Å². The van der Waals surface area contributed by atoms with Crippen molar-refractivity contribution < 1.29 is 8.42 Å². The van der Waals surface area contributed by atoms with Gasteiger partial charge in [0.1, 0.15) is 5.82 Å². The van der Waals surface area contributed by atoms with Gasteiger partial charge in [-0.15, -0.1) is 0 Å². The summed E-state index contributed by atoms with van der Waals surface area (Å²) in [6.45, 7) is 2.43. The smallest absolute Gasteiger partial charge is 0.257 e. The van der Waals surface area contributed by atoms with Crippen LogP contribution in [0.25, 0.3) is 0 Å². The highest BCUT2D eigenvalue weighted by Crippen LogP contribution is 2.42. The van der Waals surface area contributed by atoms with Gasteiger partial charge in [-0.05, 0) is 19.1 Å². The van der Waals surface area contributed by atoms with Crippen molar-refractivity contribution in [2.24, 2.45) is 0 Å². The van der Waals surface area contributed by atoms with Crippen LogP contribution >= 0.6 is 11.8 Å². The quantitative estimate of drug-likeness (QED) is 0.833. The summed E-state index contributed by atoms with van der Waals surface area (Å²) >= 11 is 1.75. The summed E-state index contributed by atoms with van der Waals surface area (Å²) in [7, 11) is -3.45. The molecule has 1 aromatic heterocycles. The van der Waals surface area contributed by atoms with E-state index in [1.807, 2.05) is 13.2 Å². The van der Waals surface area contributed by atoms with Gasteiger partial charge in [-0.3, -0.25) is 0 Å². The maximum Gasteiger partial charge on any atom is 0.257 e. The minimum atomic E-state index is -3.45. The Morgan fingerprint density at radius 2 is 2.28 bits per heavy atom. The number of H-pyrrole nitrogens is 1. The van der Waals surface area contributed by atoms with Crippen molar-refractivity contribution in [3.8, 4) is 0 Å². The largest absolute Gasteiger partial charge is 0.332 e. The predicted molar refractivity (Wildman–Crippen MR) is 73.3 cm³/mol. The van der Waals surface area contributed by atoms with Crippen molar-refractivity contribution in [3.05, 3.63) is 12.0 Å². The number of imidazole rings is 1. The van der Waals surface area contributed by atoms with Crippen LogP contribution in [0.5, 0.6) is 0 Å². The topological polar surface area (TPSA) is 74.8 Å². The molecule has 7 heteroatoms. The molecule has 18 heavy (non-hydrogen) atoms. The van der Waals surface area contributed by atoms with Gasteiger partial charge in [-0.1, -0.05) is 13.3 Å². The molecule has 1 aromatic rings. The third-order valence-electron chi connectivity index (χ3n) is 3.51. The summed E-state index contributed by atoms with van der Waals surface area (Å²) in [5.74, 6) is 0.693. The molecule has 1 aliphatic carbocycles. The van der Waals surface area contributed by atoms with Crippen LogP contribution in [-0.4, -0.2) is 35.9 Å². The van der Waals surface area contributed by atoms with Crippen LogP contribution in [0.4, 0.5) is 0 Å². The van der Waals surface area contributed by atoms with Crippen LogP contribution in [0.3, 0.4) is 0 Å². The summed E-state index contributed by atoms with van der Waals surface area (Å²) in [4.78, 5) is 6.84. The Morgan fingerprint density at radius 3 is 2.72 bits per heavy atom. The molecule has 2 N–H and O–H groups in total. The van der Waals surface area contributed by atoms with Crippen LogP contribution in [0.2, 0.25) is 0 Å². The molecule has 102 valence electrons. The highest BCUT2D eigenvalue weighted by molar-refractivity contribution is 8.00. The van der Waals surface area contributed by atoms with Gasteiger partial charge in [0.05, 0.1) is 6.20 Å². The summed E-state index contributed by atoms with van der Waals surface area (Å²) in [6.07, 6.45) is 7.48. The Hall–Kier alpha value is -0.530. The lowest BCUT2D eigenvalue weighted by atomic mass is 9.84. The number of sulfonamides is 1. The Labute approximate surface area is 112 Å². The molecule has 0 saturated heterocycles. The van der Waals surface area contributed by atoms with Crippen molar-refractivity contribution in [1.29, 1.82) is 0 Å². The van der Waals surface area contributed by atoms with E-state index in [1.165, 1.54) is 12.6 Å². The number of thioether (sulfide) groups is 1. The molecule has 1 fully saturated rings. The molecule has 0 spiro atoms. The van der Waals surface area contributed by atoms with Gasteiger partial charge in [0.15, 0.2) is 5.03 Å². The zero-order valence-corrected chi connectivity index (χ0v) is 12.3. The van der Waals surface area contributed by atoms with Crippen molar-refractivity contribution in [1.82, 2.24) is 14.7 Å². The minimum absolute atomic E-state index is 0.0979. The Morgan fingerprint density at radius 1 is 1.56 bits per heavy atom. The number of rotatable bonds is 6. The van der Waals surface area contributed by atoms with Crippen molar-refractivity contribution in [3.63, 3.8) is 0 Å². The van der Waals surface area contributed by atoms with Gasteiger partial charge >= 0.3 is 0 Å². The average molecular weight is 289 g/mol. The monoisotopic (exact) mass is 289 g/mol. The minimum Gasteiger partial charge on any atom is -0.332 e. The number of nitrogens with zero attached hydrogens (tertiary/aromatic N) is 1. The number of aryl methyl sites for hydroxylation is 1. The average Bonchev–Trinajstić information content (AvgIpc) is 2.77. The van der Waals surface area contributed by atoms with E-state index in [4.69, 9.17) is 0 Å². The number of hydrogen-bond acceptors (Lipinski definition) is 4. The fourth-order valence-electron chi connectivity index (χ4n) is 1.99. The van der Waals surface area contributed by atoms with Gasteiger partial charge in [0, 0.05) is 17.7 Å². The predicted octanol–water partition coefficient (Wildman–Crippen LogP) is 1.54. The van der Waals surface area contributed by atoms with Gasteiger partial charge in [-0.2, -0.15) is 11.8 Å². The summed E-state index contributed by atoms with van der Waals surface area (Å²) in [6, 6.07) is 0. The third kappa shape index (κ3) is 2.73. The zero-order valence-electron chi connectivity index (χ0n) is 10.7. The summed E-state index contributed by atoms with van der Waals surface area (Å²) < 4.78 is 26.9. The lowest BCUT2D eigenvalue weighted by Gasteiger charge is -2.40. The van der Waals surface area contributed by atoms with E-state index >= 15 is 0 Å². The van der Waals surface area contributed by atoms with Gasteiger partial charge in [0.25, 0.3) is 10.0 Å². The molecule has 0 atom stereocenters. The lowest BCUT2D eigenvalue weighted by molar-refractivity contribution is 0.361. The molecule has 0 unspecified atom stereocenters. The van der Waals surface area contributed by atoms with Crippen LogP contribution in [0.1, 0.15) is 32.0 Å².